The van der Waals surface area contributed by atoms with Crippen molar-refractivity contribution in [3.05, 3.63) is 69.7 Å². The lowest BCUT2D eigenvalue weighted by molar-refractivity contribution is 0.281. The van der Waals surface area contributed by atoms with Crippen LogP contribution in [0, 0.1) is 0 Å². The van der Waals surface area contributed by atoms with Crippen molar-refractivity contribution in [2.24, 2.45) is 0 Å². The summed E-state index contributed by atoms with van der Waals surface area (Å²) in [6.07, 6.45) is 1.72. The molecule has 0 bridgehead atoms. The maximum absolute atomic E-state index is 6.10. The van der Waals surface area contributed by atoms with Crippen LogP contribution in [0.5, 0.6) is 11.5 Å². The molecule has 3 rings (SSSR count). The van der Waals surface area contributed by atoms with Crippen LogP contribution in [0.1, 0.15) is 11.1 Å². The van der Waals surface area contributed by atoms with Gasteiger partial charge in [-0.05, 0) is 40.3 Å². The Kier molecular flexibility index (Phi) is 6.89. The van der Waals surface area contributed by atoms with E-state index in [1.54, 1.807) is 17.9 Å². The first-order valence-corrected chi connectivity index (χ1v) is 9.63. The lowest BCUT2D eigenvalue weighted by Gasteiger charge is -2.17. The van der Waals surface area contributed by atoms with Crippen LogP contribution in [0.2, 0.25) is 5.02 Å². The second kappa shape index (κ2) is 9.57. The smallest absolute Gasteiger partial charge is 0.243 e. The highest BCUT2D eigenvalue weighted by atomic mass is 79.9. The van der Waals surface area contributed by atoms with Gasteiger partial charge in [0.25, 0.3) is 0 Å². The molecule has 0 unspecified atom stereocenters. The number of halogens is 2. The van der Waals surface area contributed by atoms with Gasteiger partial charge >= 0.3 is 0 Å². The Morgan fingerprint density at radius 3 is 2.93 bits per heavy atom. The van der Waals surface area contributed by atoms with Crippen molar-refractivity contribution in [2.75, 3.05) is 12.4 Å². The third-order valence-electron chi connectivity index (χ3n) is 3.92. The number of rotatable bonds is 9. The molecule has 1 N–H and O–H groups in total. The van der Waals surface area contributed by atoms with E-state index in [1.165, 1.54) is 0 Å². The maximum Gasteiger partial charge on any atom is 0.243 e. The summed E-state index contributed by atoms with van der Waals surface area (Å²) in [4.78, 5) is 0. The SMILES string of the molecule is C=CCn1nnnc1NCc1c(Br)ccc(OC)c1OCc1cccc(Cl)c1. The Morgan fingerprint density at radius 1 is 1.32 bits per heavy atom. The largest absolute Gasteiger partial charge is 0.493 e. The second-order valence-corrected chi connectivity index (χ2v) is 7.09. The van der Waals surface area contributed by atoms with Gasteiger partial charge in [0.05, 0.1) is 13.7 Å². The summed E-state index contributed by atoms with van der Waals surface area (Å²) < 4.78 is 14.1. The van der Waals surface area contributed by atoms with Gasteiger partial charge in [0.1, 0.15) is 6.61 Å². The summed E-state index contributed by atoms with van der Waals surface area (Å²) in [5, 5.41) is 15.5. The molecule has 0 spiro atoms. The van der Waals surface area contributed by atoms with Crippen molar-refractivity contribution in [3.8, 4) is 11.5 Å². The Balaban J connectivity index is 1.83. The van der Waals surface area contributed by atoms with E-state index in [4.69, 9.17) is 21.1 Å². The number of benzene rings is 2. The van der Waals surface area contributed by atoms with Gasteiger partial charge in [-0.3, -0.25) is 0 Å². The molecule has 3 aromatic rings. The zero-order chi connectivity index (χ0) is 19.9. The van der Waals surface area contributed by atoms with E-state index in [2.05, 4.69) is 43.4 Å². The number of aromatic nitrogens is 4. The summed E-state index contributed by atoms with van der Waals surface area (Å²) in [5.41, 5.74) is 1.85. The van der Waals surface area contributed by atoms with Crippen molar-refractivity contribution in [1.82, 2.24) is 20.2 Å². The number of methoxy groups -OCH3 is 1. The molecule has 1 heterocycles. The van der Waals surface area contributed by atoms with Crippen LogP contribution in [0.15, 0.2) is 53.5 Å². The van der Waals surface area contributed by atoms with Crippen LogP contribution in [0.25, 0.3) is 0 Å². The summed E-state index contributed by atoms with van der Waals surface area (Å²) in [6, 6.07) is 11.3. The fraction of sp³-hybridized carbons (Fsp3) is 0.211. The second-order valence-electron chi connectivity index (χ2n) is 5.80. The number of tetrazole rings is 1. The number of hydrogen-bond acceptors (Lipinski definition) is 6. The molecule has 7 nitrogen and oxygen atoms in total. The molecule has 28 heavy (non-hydrogen) atoms. The molecular weight excluding hydrogens is 446 g/mol. The summed E-state index contributed by atoms with van der Waals surface area (Å²) in [7, 11) is 1.61. The van der Waals surface area contributed by atoms with E-state index in [1.807, 2.05) is 36.4 Å². The van der Waals surface area contributed by atoms with E-state index < -0.39 is 0 Å². The van der Waals surface area contributed by atoms with Crippen LogP contribution in [-0.4, -0.2) is 27.3 Å². The van der Waals surface area contributed by atoms with E-state index >= 15 is 0 Å². The molecule has 0 aliphatic carbocycles. The molecular formula is C19H19BrClN5O2. The molecule has 0 amide bonds. The van der Waals surface area contributed by atoms with Gasteiger partial charge in [-0.15, -0.1) is 6.58 Å². The van der Waals surface area contributed by atoms with Gasteiger partial charge in [0, 0.05) is 21.6 Å². The summed E-state index contributed by atoms with van der Waals surface area (Å²) in [6.45, 7) is 5.00. The Bertz CT molecular complexity index is 963. The average molecular weight is 465 g/mol. The molecule has 0 fully saturated rings. The predicted octanol–water partition coefficient (Wildman–Crippen LogP) is 4.47. The highest BCUT2D eigenvalue weighted by Gasteiger charge is 2.16. The third kappa shape index (κ3) is 4.82. The normalized spacial score (nSPS) is 10.5. The standard InChI is InChI=1S/C19H19BrClN5O2/c1-3-9-26-19(23-24-25-26)22-11-15-16(20)7-8-17(27-2)18(15)28-12-13-5-4-6-14(21)10-13/h3-8,10H,1,9,11-12H2,2H3,(H,22,23,25). The number of ether oxygens (including phenoxy) is 2. The molecule has 0 radical (unpaired) electrons. The van der Waals surface area contributed by atoms with E-state index in [-0.39, 0.29) is 0 Å². The van der Waals surface area contributed by atoms with E-state index in [0.29, 0.717) is 42.2 Å². The highest BCUT2D eigenvalue weighted by Crippen LogP contribution is 2.37. The highest BCUT2D eigenvalue weighted by molar-refractivity contribution is 9.10. The topological polar surface area (TPSA) is 74.1 Å². The molecule has 2 aromatic carbocycles. The van der Waals surface area contributed by atoms with Gasteiger partial charge in [-0.25, -0.2) is 4.68 Å². The Labute approximate surface area is 176 Å². The molecule has 0 aliphatic rings. The van der Waals surface area contributed by atoms with Gasteiger partial charge in [-0.2, -0.15) is 0 Å². The number of anilines is 1. The van der Waals surface area contributed by atoms with Crippen molar-refractivity contribution in [1.29, 1.82) is 0 Å². The Morgan fingerprint density at radius 2 is 2.18 bits per heavy atom. The van der Waals surface area contributed by atoms with Crippen molar-refractivity contribution >= 4 is 33.5 Å². The first-order chi connectivity index (χ1) is 13.6. The van der Waals surface area contributed by atoms with Crippen LogP contribution in [0.3, 0.4) is 0 Å². The average Bonchev–Trinajstić information content (AvgIpc) is 3.13. The predicted molar refractivity (Wildman–Crippen MR) is 112 cm³/mol. The molecule has 146 valence electrons. The molecule has 9 heteroatoms. The number of nitrogens with one attached hydrogen (secondary N) is 1. The number of hydrogen-bond donors (Lipinski definition) is 1. The minimum absolute atomic E-state index is 0.356. The van der Waals surface area contributed by atoms with E-state index in [9.17, 15) is 0 Å². The molecule has 0 aliphatic heterocycles. The quantitative estimate of drug-likeness (QED) is 0.471. The van der Waals surface area contributed by atoms with Crippen LogP contribution in [-0.2, 0) is 19.7 Å². The number of nitrogens with zero attached hydrogens (tertiary/aromatic N) is 4. The van der Waals surface area contributed by atoms with Gasteiger partial charge in [0.15, 0.2) is 11.5 Å². The maximum atomic E-state index is 6.10. The summed E-state index contributed by atoms with van der Waals surface area (Å²) >= 11 is 9.65. The monoisotopic (exact) mass is 463 g/mol. The molecule has 0 atom stereocenters. The first-order valence-electron chi connectivity index (χ1n) is 8.46. The third-order valence-corrected chi connectivity index (χ3v) is 4.89. The fourth-order valence-electron chi connectivity index (χ4n) is 2.59. The Hall–Kier alpha value is -2.58. The fourth-order valence-corrected chi connectivity index (χ4v) is 3.26. The van der Waals surface area contributed by atoms with Gasteiger partial charge < -0.3 is 14.8 Å². The van der Waals surface area contributed by atoms with Crippen molar-refractivity contribution in [2.45, 2.75) is 19.7 Å². The molecule has 1 aromatic heterocycles. The van der Waals surface area contributed by atoms with Crippen molar-refractivity contribution in [3.63, 3.8) is 0 Å². The lowest BCUT2D eigenvalue weighted by atomic mass is 10.1. The van der Waals surface area contributed by atoms with Crippen LogP contribution >= 0.6 is 27.5 Å². The van der Waals surface area contributed by atoms with Gasteiger partial charge in [-0.1, -0.05) is 50.8 Å². The zero-order valence-electron chi connectivity index (χ0n) is 15.2. The van der Waals surface area contributed by atoms with Crippen LogP contribution < -0.4 is 14.8 Å². The molecule has 0 saturated carbocycles. The van der Waals surface area contributed by atoms with Crippen molar-refractivity contribution < 1.29 is 9.47 Å². The first kappa shape index (κ1) is 20.2. The molecule has 0 saturated heterocycles. The van der Waals surface area contributed by atoms with Gasteiger partial charge in [0.2, 0.25) is 5.95 Å². The summed E-state index contributed by atoms with van der Waals surface area (Å²) in [5.74, 6) is 1.80. The zero-order valence-corrected chi connectivity index (χ0v) is 17.6. The minimum Gasteiger partial charge on any atom is -0.493 e. The van der Waals surface area contributed by atoms with E-state index in [0.717, 1.165) is 15.6 Å². The lowest BCUT2D eigenvalue weighted by Crippen LogP contribution is -2.10. The number of allylic oxidation sites excluding steroid dienone is 1. The minimum atomic E-state index is 0.356. The van der Waals surface area contributed by atoms with Crippen LogP contribution in [0.4, 0.5) is 5.95 Å².